The zero-order chi connectivity index (χ0) is 37.1. The molecule has 50 heavy (non-hydrogen) atoms. The van der Waals surface area contributed by atoms with Crippen molar-refractivity contribution in [3.05, 3.63) is 90.7 Å². The molecule has 1 aromatic heterocycles. The lowest BCUT2D eigenvalue weighted by Crippen LogP contribution is -2.62. The van der Waals surface area contributed by atoms with Crippen molar-refractivity contribution in [2.75, 3.05) is 6.54 Å². The summed E-state index contributed by atoms with van der Waals surface area (Å²) in [6.07, 6.45) is 9.99. The van der Waals surface area contributed by atoms with E-state index in [-0.39, 0.29) is 33.9 Å². The molecule has 6 aliphatic rings. The van der Waals surface area contributed by atoms with Gasteiger partial charge in [-0.25, -0.2) is 0 Å². The van der Waals surface area contributed by atoms with Gasteiger partial charge in [0, 0.05) is 39.9 Å². The summed E-state index contributed by atoms with van der Waals surface area (Å²) in [5.74, 6) is 0.530. The van der Waals surface area contributed by atoms with E-state index < -0.39 is 29.5 Å². The molecule has 2 saturated carbocycles. The second-order valence-electron chi connectivity index (χ2n) is 17.5. The third-order valence-electron chi connectivity index (χ3n) is 14.2. The van der Waals surface area contributed by atoms with E-state index in [4.69, 9.17) is 10.5 Å². The minimum absolute atomic E-state index is 0.0581. The number of nitrogens with two attached hydrogens (primary N) is 1. The summed E-state index contributed by atoms with van der Waals surface area (Å²) in [5.41, 5.74) is 12.3. The second kappa shape index (κ2) is 11.7. The molecule has 0 radical (unpaired) electrons. The summed E-state index contributed by atoms with van der Waals surface area (Å²) in [6.45, 7) is 34.3. The van der Waals surface area contributed by atoms with Gasteiger partial charge in [0.15, 0.2) is 5.78 Å². The Morgan fingerprint density at radius 1 is 1.06 bits per heavy atom. The number of carbonyl (C=O) groups is 1. The van der Waals surface area contributed by atoms with Gasteiger partial charge in [-0.1, -0.05) is 45.1 Å². The van der Waals surface area contributed by atoms with Gasteiger partial charge in [-0.3, -0.25) is 4.79 Å². The van der Waals surface area contributed by atoms with Crippen molar-refractivity contribution in [2.24, 2.45) is 34.3 Å². The quantitative estimate of drug-likeness (QED) is 0.282. The first-order chi connectivity index (χ1) is 23.4. The molecule has 4 aliphatic carbocycles. The predicted molar refractivity (Wildman–Crippen MR) is 205 cm³/mol. The van der Waals surface area contributed by atoms with E-state index in [1.54, 1.807) is 0 Å². The number of aromatic nitrogens is 1. The number of hydrogen-bond donors (Lipinski definition) is 3. The standard InChI is InChI=1S/C40H52N2O4.2C2H4/c1-20(2)31-34(45)29-28-22(25-19-36(3,4)46-37(5,6)30(25)33(28)44)18-23-24-17-21-11-12-26-38(7,14-10-16-41)27(43)13-15-39(26,8)40(21,9)35(24)42(31)32(23)29;2*1-2/h10,14,18-19,21,26-27,30-31,33,43-44H,1,11-13,15-17,41H2,2-9H3;2*1-2H2/t21?,26-,27-,30?,31-,33+,38-,39-,40+;;/m0../s1. The molecule has 8 rings (SSSR count). The van der Waals surface area contributed by atoms with Crippen LogP contribution in [0.4, 0.5) is 0 Å². The Morgan fingerprint density at radius 2 is 1.72 bits per heavy atom. The average molecular weight is 681 g/mol. The number of hydrogen-bond acceptors (Lipinski definition) is 5. The van der Waals surface area contributed by atoms with Crippen LogP contribution in [0.5, 0.6) is 0 Å². The van der Waals surface area contributed by atoms with Gasteiger partial charge < -0.3 is 25.3 Å². The maximum atomic E-state index is 14.8. The third-order valence-corrected chi connectivity index (χ3v) is 14.2. The van der Waals surface area contributed by atoms with Crippen molar-refractivity contribution in [1.82, 2.24) is 4.57 Å². The van der Waals surface area contributed by atoms with Crippen molar-refractivity contribution in [3.8, 4) is 0 Å². The number of aliphatic hydroxyl groups excluding tert-OH is 2. The van der Waals surface area contributed by atoms with E-state index in [1.807, 2.05) is 13.0 Å². The number of ketones is 1. The van der Waals surface area contributed by atoms with Crippen LogP contribution in [0.1, 0.15) is 126 Å². The highest BCUT2D eigenvalue weighted by atomic mass is 16.5. The first-order valence-corrected chi connectivity index (χ1v) is 18.6. The Kier molecular flexibility index (Phi) is 8.63. The molecule has 2 aliphatic heterocycles. The second-order valence-corrected chi connectivity index (χ2v) is 17.5. The van der Waals surface area contributed by atoms with Crippen molar-refractivity contribution in [2.45, 2.75) is 122 Å². The summed E-state index contributed by atoms with van der Waals surface area (Å²) in [4.78, 5) is 14.8. The molecule has 0 bridgehead atoms. The van der Waals surface area contributed by atoms with Crippen LogP contribution in [-0.4, -0.2) is 44.4 Å². The van der Waals surface area contributed by atoms with E-state index in [0.29, 0.717) is 18.0 Å². The lowest BCUT2D eigenvalue weighted by molar-refractivity contribution is -0.145. The van der Waals surface area contributed by atoms with E-state index >= 15 is 0 Å². The summed E-state index contributed by atoms with van der Waals surface area (Å²) in [5, 5.41) is 24.8. The first-order valence-electron chi connectivity index (χ1n) is 18.6. The van der Waals surface area contributed by atoms with Crippen LogP contribution in [0.2, 0.25) is 0 Å². The molecule has 3 heterocycles. The minimum Gasteiger partial charge on any atom is -0.392 e. The number of nitrogens with zero attached hydrogens (tertiary/aromatic N) is 1. The molecule has 0 amide bonds. The number of rotatable bonds is 3. The van der Waals surface area contributed by atoms with Crippen molar-refractivity contribution in [3.63, 3.8) is 0 Å². The maximum absolute atomic E-state index is 14.8. The number of benzene rings is 1. The molecule has 0 spiro atoms. The van der Waals surface area contributed by atoms with Crippen LogP contribution < -0.4 is 5.73 Å². The smallest absolute Gasteiger partial charge is 0.192 e. The average Bonchev–Trinajstić information content (AvgIpc) is 3.73. The van der Waals surface area contributed by atoms with Gasteiger partial charge in [0.05, 0.1) is 34.5 Å². The molecule has 6 heteroatoms. The molecular formula is C44H60N2O4. The van der Waals surface area contributed by atoms with Gasteiger partial charge in [0.1, 0.15) is 6.04 Å². The minimum atomic E-state index is -0.826. The fourth-order valence-corrected chi connectivity index (χ4v) is 12.4. The lowest BCUT2D eigenvalue weighted by Gasteiger charge is -2.64. The highest BCUT2D eigenvalue weighted by Gasteiger charge is 2.67. The highest BCUT2D eigenvalue weighted by molar-refractivity contribution is 6.18. The van der Waals surface area contributed by atoms with Crippen LogP contribution in [0.3, 0.4) is 0 Å². The maximum Gasteiger partial charge on any atom is 0.192 e. The lowest BCUT2D eigenvalue weighted by atomic mass is 9.40. The van der Waals surface area contributed by atoms with Gasteiger partial charge in [0.2, 0.25) is 0 Å². The molecule has 1 aromatic carbocycles. The topological polar surface area (TPSA) is 97.7 Å². The Balaban J connectivity index is 0.00000104. The first kappa shape index (κ1) is 36.8. The normalized spacial score (nSPS) is 38.1. The van der Waals surface area contributed by atoms with Crippen LogP contribution in [0.15, 0.2) is 62.8 Å². The Hall–Kier alpha value is -3.03. The molecule has 4 N–H and O–H groups in total. The molecule has 6 nitrogen and oxygen atoms in total. The van der Waals surface area contributed by atoms with Gasteiger partial charge in [-0.05, 0) is 113 Å². The monoisotopic (exact) mass is 680 g/mol. The number of Topliss-reactive ketones (excluding diaryl/α,β-unsaturated/α-hetero) is 1. The van der Waals surface area contributed by atoms with Crippen molar-refractivity contribution < 1.29 is 19.7 Å². The fourth-order valence-electron chi connectivity index (χ4n) is 12.4. The van der Waals surface area contributed by atoms with Crippen LogP contribution in [-0.2, 0) is 16.6 Å². The molecule has 2 aromatic rings. The number of fused-ring (bicyclic) bond motifs is 11. The fraction of sp³-hybridized carbons (Fsp3) is 0.568. The van der Waals surface area contributed by atoms with Crippen LogP contribution in [0.25, 0.3) is 16.5 Å². The molecule has 9 atom stereocenters. The summed E-state index contributed by atoms with van der Waals surface area (Å²) >= 11 is 0. The van der Waals surface area contributed by atoms with E-state index in [2.05, 4.69) is 104 Å². The zero-order valence-electron chi connectivity index (χ0n) is 31.8. The van der Waals surface area contributed by atoms with Crippen LogP contribution in [0, 0.1) is 28.6 Å². The van der Waals surface area contributed by atoms with Crippen LogP contribution >= 0.6 is 0 Å². The van der Waals surface area contributed by atoms with Gasteiger partial charge in [-0.2, -0.15) is 0 Å². The summed E-state index contributed by atoms with van der Waals surface area (Å²) in [6, 6.07) is 1.83. The molecular weight excluding hydrogens is 620 g/mol. The number of ether oxygens (including phenoxy) is 1. The van der Waals surface area contributed by atoms with Gasteiger partial charge in [-0.15, -0.1) is 26.3 Å². The van der Waals surface area contributed by atoms with Crippen molar-refractivity contribution in [1.29, 1.82) is 0 Å². The highest BCUT2D eigenvalue weighted by Crippen LogP contribution is 2.71. The van der Waals surface area contributed by atoms with Gasteiger partial charge >= 0.3 is 0 Å². The molecule has 2 unspecified atom stereocenters. The number of allylic oxidation sites excluding steroid dienone is 1. The molecule has 270 valence electrons. The summed E-state index contributed by atoms with van der Waals surface area (Å²) in [7, 11) is 0. The van der Waals surface area contributed by atoms with Gasteiger partial charge in [0.25, 0.3) is 0 Å². The predicted octanol–water partition coefficient (Wildman–Crippen LogP) is 8.72. The van der Waals surface area contributed by atoms with Crippen molar-refractivity contribution >= 4 is 22.3 Å². The largest absolute Gasteiger partial charge is 0.392 e. The molecule has 0 saturated heterocycles. The number of carbonyl (C=O) groups excluding carboxylic acids is 1. The Bertz CT molecular complexity index is 1840. The van der Waals surface area contributed by atoms with E-state index in [0.717, 1.165) is 59.9 Å². The van der Waals surface area contributed by atoms with E-state index in [1.165, 1.54) is 16.6 Å². The Labute approximate surface area is 299 Å². The SMILES string of the molecule is C=C.C=C.C=C(C)[C@H]1C(=O)c2c3c(cc4c5c(n1c24)[C@@]1(C)C(CC[C@H]2[C@](C)(C=CCN)[C@@H](O)CC[C@@]21C)C5)C1=CC(C)(C)OC(C)(C)C1[C@@H]3O. The Morgan fingerprint density at radius 3 is 2.34 bits per heavy atom. The summed E-state index contributed by atoms with van der Waals surface area (Å²) < 4.78 is 8.90. The number of aliphatic hydroxyl groups is 2. The third kappa shape index (κ3) is 4.38. The molecule has 2 fully saturated rings. The van der Waals surface area contributed by atoms with E-state index in [9.17, 15) is 15.0 Å². The zero-order valence-corrected chi connectivity index (χ0v) is 31.8.